The third-order valence-electron chi connectivity index (χ3n) is 0.867. The Kier molecular flexibility index (Phi) is 5.86. The Morgan fingerprint density at radius 3 is 2.62 bits per heavy atom. The van der Waals surface area contributed by atoms with Crippen LogP contribution in [0.1, 0.15) is 6.92 Å². The molecule has 6 nitrogen and oxygen atoms in total. The standard InChI is InChI=1S/C4H4N2O.C3H7NO2/c7-4-5-2-1-3-6-4;1-2-6-3(4)5/h1-3H,(H,5,6,7);2H2,1H3,(H2,4,5). The zero-order valence-electron chi connectivity index (χ0n) is 7.19. The van der Waals surface area contributed by atoms with E-state index in [1.165, 1.54) is 12.4 Å². The average Bonchev–Trinajstić information content (AvgIpc) is 2.06. The van der Waals surface area contributed by atoms with Crippen LogP contribution in [0.4, 0.5) is 4.79 Å². The van der Waals surface area contributed by atoms with Gasteiger partial charge in [0, 0.05) is 12.4 Å². The molecule has 0 aliphatic rings. The smallest absolute Gasteiger partial charge is 0.404 e. The van der Waals surface area contributed by atoms with Crippen molar-refractivity contribution in [1.29, 1.82) is 0 Å². The average molecular weight is 185 g/mol. The van der Waals surface area contributed by atoms with Gasteiger partial charge in [-0.05, 0) is 13.0 Å². The van der Waals surface area contributed by atoms with Crippen molar-refractivity contribution in [3.63, 3.8) is 0 Å². The van der Waals surface area contributed by atoms with Gasteiger partial charge in [-0.2, -0.15) is 0 Å². The maximum Gasteiger partial charge on any atom is 0.404 e. The van der Waals surface area contributed by atoms with Crippen LogP contribution in [-0.2, 0) is 4.74 Å². The number of primary amides is 1. The maximum atomic E-state index is 10.1. The van der Waals surface area contributed by atoms with Crippen molar-refractivity contribution in [2.24, 2.45) is 5.73 Å². The molecule has 13 heavy (non-hydrogen) atoms. The fourth-order valence-corrected chi connectivity index (χ4v) is 0.453. The van der Waals surface area contributed by atoms with Crippen molar-refractivity contribution in [2.75, 3.05) is 6.61 Å². The van der Waals surface area contributed by atoms with E-state index < -0.39 is 6.09 Å². The van der Waals surface area contributed by atoms with Gasteiger partial charge in [0.05, 0.1) is 6.61 Å². The lowest BCUT2D eigenvalue weighted by Crippen LogP contribution is -2.11. The van der Waals surface area contributed by atoms with Crippen LogP contribution >= 0.6 is 0 Å². The summed E-state index contributed by atoms with van der Waals surface area (Å²) >= 11 is 0. The fraction of sp³-hybridized carbons (Fsp3) is 0.286. The molecule has 0 unspecified atom stereocenters. The minimum Gasteiger partial charge on any atom is -0.450 e. The molecule has 1 rings (SSSR count). The number of carbonyl (C=O) groups excluding carboxylic acids is 1. The summed E-state index contributed by atoms with van der Waals surface area (Å²) in [6.07, 6.45) is 2.27. The summed E-state index contributed by atoms with van der Waals surface area (Å²) in [5.41, 5.74) is 4.24. The number of nitrogens with zero attached hydrogens (tertiary/aromatic N) is 1. The second-order valence-corrected chi connectivity index (χ2v) is 1.84. The summed E-state index contributed by atoms with van der Waals surface area (Å²) in [4.78, 5) is 25.4. The summed E-state index contributed by atoms with van der Waals surface area (Å²) in [5.74, 6) is 0. The zero-order valence-corrected chi connectivity index (χ0v) is 7.19. The van der Waals surface area contributed by atoms with Gasteiger partial charge >= 0.3 is 11.8 Å². The van der Waals surface area contributed by atoms with E-state index in [9.17, 15) is 9.59 Å². The predicted octanol–water partition coefficient (Wildman–Crippen LogP) is -0.129. The Balaban J connectivity index is 0.000000226. The lowest BCUT2D eigenvalue weighted by Gasteiger charge is -1.89. The number of aromatic amines is 1. The van der Waals surface area contributed by atoms with Crippen LogP contribution < -0.4 is 11.4 Å². The molecule has 1 amide bonds. The molecule has 0 aromatic carbocycles. The molecule has 1 aromatic rings. The third kappa shape index (κ3) is 8.05. The lowest BCUT2D eigenvalue weighted by atomic mass is 10.7. The van der Waals surface area contributed by atoms with Gasteiger partial charge in [0.2, 0.25) is 0 Å². The first-order valence-corrected chi connectivity index (χ1v) is 3.58. The summed E-state index contributed by atoms with van der Waals surface area (Å²) < 4.78 is 4.18. The Morgan fingerprint density at radius 1 is 1.77 bits per heavy atom. The highest BCUT2D eigenvalue weighted by Gasteiger charge is 1.82. The van der Waals surface area contributed by atoms with E-state index in [1.807, 2.05) is 0 Å². The molecule has 1 aromatic heterocycles. The molecule has 1 heterocycles. The van der Waals surface area contributed by atoms with Crippen molar-refractivity contribution in [2.45, 2.75) is 6.92 Å². The molecule has 0 spiro atoms. The van der Waals surface area contributed by atoms with E-state index in [4.69, 9.17) is 0 Å². The second-order valence-electron chi connectivity index (χ2n) is 1.84. The van der Waals surface area contributed by atoms with Crippen molar-refractivity contribution in [1.82, 2.24) is 9.97 Å². The minimum absolute atomic E-state index is 0.303. The van der Waals surface area contributed by atoms with Crippen molar-refractivity contribution < 1.29 is 9.53 Å². The molecule has 6 heteroatoms. The highest BCUT2D eigenvalue weighted by atomic mass is 16.5. The molecule has 0 saturated carbocycles. The number of nitrogens with two attached hydrogens (primary N) is 1. The number of rotatable bonds is 1. The number of carbonyl (C=O) groups is 1. The van der Waals surface area contributed by atoms with Gasteiger partial charge in [-0.15, -0.1) is 0 Å². The molecular formula is C7H11N3O3. The normalized spacial score (nSPS) is 8.08. The molecule has 0 bridgehead atoms. The SMILES string of the molecule is CCOC(N)=O.O=c1nccc[nH]1. The van der Waals surface area contributed by atoms with Gasteiger partial charge in [-0.25, -0.2) is 14.6 Å². The molecular weight excluding hydrogens is 174 g/mol. The van der Waals surface area contributed by atoms with Crippen molar-refractivity contribution in [3.8, 4) is 0 Å². The molecule has 0 atom stereocenters. The predicted molar refractivity (Wildman–Crippen MR) is 46.1 cm³/mol. The first-order chi connectivity index (χ1) is 6.16. The van der Waals surface area contributed by atoms with Crippen LogP contribution in [0.3, 0.4) is 0 Å². The number of hydrogen-bond acceptors (Lipinski definition) is 4. The van der Waals surface area contributed by atoms with Crippen LogP contribution in [0.25, 0.3) is 0 Å². The van der Waals surface area contributed by atoms with Gasteiger partial charge in [-0.1, -0.05) is 0 Å². The van der Waals surface area contributed by atoms with Crippen LogP contribution in [0.5, 0.6) is 0 Å². The Hall–Kier alpha value is -1.85. The minimum atomic E-state index is -0.711. The van der Waals surface area contributed by atoms with Gasteiger partial charge in [0.15, 0.2) is 0 Å². The van der Waals surface area contributed by atoms with E-state index in [0.29, 0.717) is 6.61 Å². The van der Waals surface area contributed by atoms with Gasteiger partial charge in [0.1, 0.15) is 0 Å². The molecule has 0 radical (unpaired) electrons. The topological polar surface area (TPSA) is 98.1 Å². The van der Waals surface area contributed by atoms with Gasteiger partial charge in [0.25, 0.3) is 0 Å². The van der Waals surface area contributed by atoms with E-state index in [1.54, 1.807) is 13.0 Å². The molecule has 3 N–H and O–H groups in total. The highest BCUT2D eigenvalue weighted by Crippen LogP contribution is 1.66. The summed E-state index contributed by atoms with van der Waals surface area (Å²) in [7, 11) is 0. The summed E-state index contributed by atoms with van der Waals surface area (Å²) in [5, 5.41) is 0. The van der Waals surface area contributed by atoms with Crippen LogP contribution in [-0.4, -0.2) is 22.7 Å². The number of amides is 1. The first kappa shape index (κ1) is 11.2. The molecule has 0 fully saturated rings. The quantitative estimate of drug-likeness (QED) is 0.636. The van der Waals surface area contributed by atoms with E-state index in [0.717, 1.165) is 0 Å². The maximum absolute atomic E-state index is 10.1. The monoisotopic (exact) mass is 185 g/mol. The van der Waals surface area contributed by atoms with Crippen LogP contribution in [0.2, 0.25) is 0 Å². The number of ether oxygens (including phenoxy) is 1. The molecule has 0 aliphatic carbocycles. The van der Waals surface area contributed by atoms with Crippen LogP contribution in [0, 0.1) is 0 Å². The largest absolute Gasteiger partial charge is 0.450 e. The van der Waals surface area contributed by atoms with Gasteiger partial charge in [-0.3, -0.25) is 0 Å². The van der Waals surface area contributed by atoms with Gasteiger partial charge < -0.3 is 15.5 Å². The number of aromatic nitrogens is 2. The molecule has 0 saturated heterocycles. The first-order valence-electron chi connectivity index (χ1n) is 3.58. The highest BCUT2D eigenvalue weighted by molar-refractivity contribution is 5.64. The van der Waals surface area contributed by atoms with Crippen molar-refractivity contribution >= 4 is 6.09 Å². The lowest BCUT2D eigenvalue weighted by molar-refractivity contribution is 0.163. The van der Waals surface area contributed by atoms with Crippen molar-refractivity contribution in [3.05, 3.63) is 28.9 Å². The summed E-state index contributed by atoms with van der Waals surface area (Å²) in [6, 6.07) is 1.65. The Labute approximate surface area is 74.7 Å². The van der Waals surface area contributed by atoms with E-state index in [-0.39, 0.29) is 5.69 Å². The van der Waals surface area contributed by atoms with E-state index >= 15 is 0 Å². The van der Waals surface area contributed by atoms with Crippen LogP contribution in [0.15, 0.2) is 23.3 Å². The zero-order chi connectivity index (χ0) is 10.1. The molecule has 0 aliphatic heterocycles. The second kappa shape index (κ2) is 6.84. The fourth-order valence-electron chi connectivity index (χ4n) is 0.453. The van der Waals surface area contributed by atoms with E-state index in [2.05, 4.69) is 20.4 Å². The number of H-pyrrole nitrogens is 1. The Bertz CT molecular complexity index is 280. The number of nitrogens with one attached hydrogen (secondary N) is 1. The Morgan fingerprint density at radius 2 is 2.46 bits per heavy atom. The number of hydrogen-bond donors (Lipinski definition) is 2. The molecule has 72 valence electrons. The third-order valence-corrected chi connectivity index (χ3v) is 0.867. The summed E-state index contributed by atoms with van der Waals surface area (Å²) in [6.45, 7) is 2.06.